The number of nitrogens with one attached hydrogen (secondary N) is 1. The van der Waals surface area contributed by atoms with Gasteiger partial charge in [0, 0.05) is 20.5 Å². The number of ether oxygens (including phenoxy) is 3. The van der Waals surface area contributed by atoms with Crippen LogP contribution in [0, 0.1) is 0 Å². The number of benzene rings is 1. The van der Waals surface area contributed by atoms with Crippen LogP contribution in [-0.4, -0.2) is 47.5 Å². The largest absolute Gasteiger partial charge is 0.494 e. The molecule has 0 fully saturated rings. The van der Waals surface area contributed by atoms with Crippen molar-refractivity contribution in [3.05, 3.63) is 43.6 Å². The lowest BCUT2D eigenvalue weighted by molar-refractivity contribution is -0.913. The highest BCUT2D eigenvalue weighted by molar-refractivity contribution is 5.98. The zero-order chi connectivity index (χ0) is 21.7. The number of aromatic hydroxyl groups is 1. The molecule has 4 rings (SSSR count). The minimum Gasteiger partial charge on any atom is -0.494 e. The van der Waals surface area contributed by atoms with Gasteiger partial charge in [-0.05, 0) is 11.6 Å². The van der Waals surface area contributed by atoms with Crippen LogP contribution in [0.25, 0.3) is 0 Å². The Labute approximate surface area is 171 Å². The minimum absolute atomic E-state index is 0.0458. The number of methoxy groups -OCH3 is 1. The number of ketones is 1. The summed E-state index contributed by atoms with van der Waals surface area (Å²) in [5, 5.41) is 10.3. The number of likely N-dealkylation sites (N-methyl/N-ethyl adjacent to an activating group) is 1. The van der Waals surface area contributed by atoms with Gasteiger partial charge in [0.15, 0.2) is 17.3 Å². The van der Waals surface area contributed by atoms with Crippen molar-refractivity contribution in [2.45, 2.75) is 18.9 Å². The Morgan fingerprint density at radius 1 is 1.30 bits per heavy atom. The highest BCUT2D eigenvalue weighted by Crippen LogP contribution is 2.47. The molecule has 160 valence electrons. The number of quaternary nitrogens is 1. The fraction of sp³-hybridized carbons (Fsp3) is 0.450. The van der Waals surface area contributed by atoms with Crippen molar-refractivity contribution in [2.24, 2.45) is 14.1 Å². The van der Waals surface area contributed by atoms with Crippen LogP contribution in [0.5, 0.6) is 23.1 Å². The fourth-order valence-electron chi connectivity index (χ4n) is 4.26. The summed E-state index contributed by atoms with van der Waals surface area (Å²) in [5.74, 6) is 0.471. The Morgan fingerprint density at radius 2 is 2.03 bits per heavy atom. The van der Waals surface area contributed by atoms with E-state index in [9.17, 15) is 19.5 Å². The van der Waals surface area contributed by atoms with Gasteiger partial charge in [0.25, 0.3) is 5.56 Å². The molecule has 10 nitrogen and oxygen atoms in total. The van der Waals surface area contributed by atoms with Crippen LogP contribution < -0.4 is 30.4 Å². The van der Waals surface area contributed by atoms with Crippen LogP contribution in [0.3, 0.4) is 0 Å². The second-order valence-electron chi connectivity index (χ2n) is 7.65. The summed E-state index contributed by atoms with van der Waals surface area (Å²) in [6.45, 7) is 0.869. The Hall–Kier alpha value is -3.27. The molecule has 2 aromatic rings. The summed E-state index contributed by atoms with van der Waals surface area (Å²) in [6, 6.07) is 1.58. The van der Waals surface area contributed by atoms with Crippen molar-refractivity contribution in [3.8, 4) is 23.1 Å². The first kappa shape index (κ1) is 20.0. The molecule has 3 heterocycles. The van der Waals surface area contributed by atoms with Crippen LogP contribution >= 0.6 is 0 Å². The quantitative estimate of drug-likeness (QED) is 0.607. The number of hydrogen-bond donors (Lipinski definition) is 2. The lowest BCUT2D eigenvalue weighted by Crippen LogP contribution is -3.10. The van der Waals surface area contributed by atoms with E-state index in [2.05, 4.69) is 0 Å². The van der Waals surface area contributed by atoms with E-state index >= 15 is 0 Å². The molecule has 0 aliphatic carbocycles. The molecule has 10 heteroatoms. The van der Waals surface area contributed by atoms with Gasteiger partial charge >= 0.3 is 5.69 Å². The van der Waals surface area contributed by atoms with Gasteiger partial charge in [-0.15, -0.1) is 0 Å². The van der Waals surface area contributed by atoms with E-state index in [4.69, 9.17) is 14.2 Å². The van der Waals surface area contributed by atoms with Gasteiger partial charge in [0.05, 0.1) is 32.7 Å². The molecule has 0 amide bonds. The number of hydrogen-bond acceptors (Lipinski definition) is 7. The van der Waals surface area contributed by atoms with Crippen LogP contribution in [0.4, 0.5) is 0 Å². The number of carbonyl (C=O) groups excluding carboxylic acids is 1. The monoisotopic (exact) mass is 418 g/mol. The number of aromatic nitrogens is 2. The van der Waals surface area contributed by atoms with Crippen molar-refractivity contribution in [2.75, 3.05) is 27.5 Å². The molecule has 2 aliphatic rings. The van der Waals surface area contributed by atoms with Crippen molar-refractivity contribution < 1.29 is 29.0 Å². The van der Waals surface area contributed by atoms with E-state index in [0.29, 0.717) is 17.2 Å². The average molecular weight is 418 g/mol. The van der Waals surface area contributed by atoms with E-state index in [1.807, 2.05) is 13.1 Å². The summed E-state index contributed by atoms with van der Waals surface area (Å²) in [6.07, 6.45) is 0.724. The molecule has 0 spiro atoms. The van der Waals surface area contributed by atoms with Crippen molar-refractivity contribution >= 4 is 5.78 Å². The maximum Gasteiger partial charge on any atom is 0.333 e. The van der Waals surface area contributed by atoms with Gasteiger partial charge in [-0.1, -0.05) is 0 Å². The third-order valence-corrected chi connectivity index (χ3v) is 5.98. The van der Waals surface area contributed by atoms with E-state index in [1.165, 1.54) is 21.2 Å². The minimum atomic E-state index is -0.813. The van der Waals surface area contributed by atoms with Gasteiger partial charge in [-0.25, -0.2) is 4.79 Å². The van der Waals surface area contributed by atoms with Crippen LogP contribution in [0.1, 0.15) is 33.9 Å². The van der Waals surface area contributed by atoms with Gasteiger partial charge in [-0.2, -0.15) is 0 Å². The molecule has 0 bridgehead atoms. The lowest BCUT2D eigenvalue weighted by atomic mass is 9.87. The SMILES string of the molecule is COc1c2c(cc3c1[C@@H](CC(=O)c1c(O)n(C)c(=O)n(C)c1=O)[NH+](C)CC3)OCO2. The second-order valence-corrected chi connectivity index (χ2v) is 7.65. The highest BCUT2D eigenvalue weighted by atomic mass is 16.7. The Balaban J connectivity index is 1.80. The third-order valence-electron chi connectivity index (χ3n) is 5.98. The summed E-state index contributed by atoms with van der Waals surface area (Å²) in [7, 11) is 6.08. The van der Waals surface area contributed by atoms with Crippen LogP contribution in [0.2, 0.25) is 0 Å². The molecule has 1 aromatic heterocycles. The van der Waals surface area contributed by atoms with E-state index in [0.717, 1.165) is 38.1 Å². The maximum atomic E-state index is 13.2. The van der Waals surface area contributed by atoms with Crippen molar-refractivity contribution in [1.29, 1.82) is 0 Å². The number of fused-ring (bicyclic) bond motifs is 2. The first-order valence-corrected chi connectivity index (χ1v) is 9.60. The summed E-state index contributed by atoms with van der Waals surface area (Å²) < 4.78 is 18.4. The molecular weight excluding hydrogens is 394 g/mol. The molecular formula is C20H24N3O7+. The van der Waals surface area contributed by atoms with Crippen molar-refractivity contribution in [3.63, 3.8) is 0 Å². The van der Waals surface area contributed by atoms with Gasteiger partial charge in [-0.3, -0.25) is 18.7 Å². The molecule has 0 saturated carbocycles. The van der Waals surface area contributed by atoms with E-state index in [-0.39, 0.29) is 24.8 Å². The average Bonchev–Trinajstić information content (AvgIpc) is 3.19. The van der Waals surface area contributed by atoms with E-state index < -0.39 is 22.9 Å². The summed E-state index contributed by atoms with van der Waals surface area (Å²) in [4.78, 5) is 38.8. The normalized spacial score (nSPS) is 19.5. The first-order chi connectivity index (χ1) is 14.3. The zero-order valence-electron chi connectivity index (χ0n) is 17.3. The molecule has 0 saturated heterocycles. The molecule has 30 heavy (non-hydrogen) atoms. The first-order valence-electron chi connectivity index (χ1n) is 9.60. The number of nitrogens with zero attached hydrogens (tertiary/aromatic N) is 2. The molecule has 1 unspecified atom stereocenters. The van der Waals surface area contributed by atoms with Gasteiger partial charge < -0.3 is 24.2 Å². The van der Waals surface area contributed by atoms with E-state index in [1.54, 1.807) is 0 Å². The van der Waals surface area contributed by atoms with Crippen LogP contribution in [0.15, 0.2) is 15.7 Å². The van der Waals surface area contributed by atoms with Crippen LogP contribution in [-0.2, 0) is 20.5 Å². The summed E-state index contributed by atoms with van der Waals surface area (Å²) in [5.41, 5.74) is -0.0718. The smallest absolute Gasteiger partial charge is 0.333 e. The lowest BCUT2D eigenvalue weighted by Gasteiger charge is -2.32. The maximum absolute atomic E-state index is 13.2. The van der Waals surface area contributed by atoms with Gasteiger partial charge in [0.2, 0.25) is 18.4 Å². The molecule has 0 radical (unpaired) electrons. The molecule has 2 aliphatic heterocycles. The predicted octanol–water partition coefficient (Wildman–Crippen LogP) is -1.09. The Kier molecular flexibility index (Phi) is 4.81. The molecule has 1 aromatic carbocycles. The molecule has 2 atom stereocenters. The zero-order valence-corrected chi connectivity index (χ0v) is 17.3. The number of Topliss-reactive ketones (excluding diaryl/α,β-unsaturated/α-hetero) is 1. The predicted molar refractivity (Wildman–Crippen MR) is 105 cm³/mol. The Bertz CT molecular complexity index is 1160. The topological polar surface area (TPSA) is 113 Å². The standard InChI is InChI=1S/C20H23N3O7/c1-21-6-5-10-7-13-16(30-9-29-13)17(28-4)14(10)11(21)8-12(24)15-18(25)22(2)20(27)23(3)19(15)26/h7,11,25H,5-6,8-9H2,1-4H3/p+1/t11-/m1/s1. The second kappa shape index (κ2) is 7.21. The van der Waals surface area contributed by atoms with Gasteiger partial charge in [0.1, 0.15) is 11.6 Å². The number of rotatable bonds is 4. The number of carbonyl (C=O) groups is 1. The Morgan fingerprint density at radius 3 is 2.73 bits per heavy atom. The van der Waals surface area contributed by atoms with Crippen molar-refractivity contribution in [1.82, 2.24) is 9.13 Å². The highest BCUT2D eigenvalue weighted by Gasteiger charge is 2.38. The molecule has 2 N–H and O–H groups in total. The third kappa shape index (κ3) is 2.86. The summed E-state index contributed by atoms with van der Waals surface area (Å²) >= 11 is 0. The fourth-order valence-corrected chi connectivity index (χ4v) is 4.26.